The third-order valence-corrected chi connectivity index (χ3v) is 3.91. The molecule has 2 rings (SSSR count). The molecule has 0 spiro atoms. The van der Waals surface area contributed by atoms with Crippen LogP contribution >= 0.6 is 23.2 Å². The van der Waals surface area contributed by atoms with Crippen LogP contribution in [0.25, 0.3) is 0 Å². The summed E-state index contributed by atoms with van der Waals surface area (Å²) in [7, 11) is 0. The smallest absolute Gasteiger partial charge is 0.0546 e. The van der Waals surface area contributed by atoms with Crippen molar-refractivity contribution >= 4 is 23.2 Å². The first-order valence-electron chi connectivity index (χ1n) is 5.92. The molecule has 2 nitrogen and oxygen atoms in total. The Hall–Kier alpha value is -0.280. The molecule has 4 heteroatoms. The van der Waals surface area contributed by atoms with E-state index in [0.717, 1.165) is 24.9 Å². The zero-order valence-corrected chi connectivity index (χ0v) is 11.3. The molecule has 17 heavy (non-hydrogen) atoms. The lowest BCUT2D eigenvalue weighted by Crippen LogP contribution is -2.37. The van der Waals surface area contributed by atoms with E-state index in [0.29, 0.717) is 16.0 Å². The Kier molecular flexibility index (Phi) is 4.31. The van der Waals surface area contributed by atoms with Crippen LogP contribution in [0, 0.1) is 5.92 Å². The first-order chi connectivity index (χ1) is 8.06. The SMILES string of the molecule is CC(NCC1CC(O)C1)c1ccc(Cl)cc1Cl. The Balaban J connectivity index is 1.88. The second kappa shape index (κ2) is 5.57. The summed E-state index contributed by atoms with van der Waals surface area (Å²) in [4.78, 5) is 0. The van der Waals surface area contributed by atoms with Crippen LogP contribution in [0.5, 0.6) is 0 Å². The number of hydrogen-bond donors (Lipinski definition) is 2. The van der Waals surface area contributed by atoms with Gasteiger partial charge < -0.3 is 10.4 Å². The standard InChI is InChI=1S/C13H17Cl2NO/c1-8(16-7-9-4-11(17)5-9)12-3-2-10(14)6-13(12)15/h2-3,6,8-9,11,16-17H,4-5,7H2,1H3. The van der Waals surface area contributed by atoms with Crippen LogP contribution in [0.4, 0.5) is 0 Å². The minimum absolute atomic E-state index is 0.0868. The fourth-order valence-electron chi connectivity index (χ4n) is 2.17. The molecule has 0 radical (unpaired) electrons. The maximum Gasteiger partial charge on any atom is 0.0546 e. The molecule has 0 aliphatic heterocycles. The third kappa shape index (κ3) is 3.35. The highest BCUT2D eigenvalue weighted by molar-refractivity contribution is 6.35. The summed E-state index contributed by atoms with van der Waals surface area (Å²) in [6.45, 7) is 3.02. The monoisotopic (exact) mass is 273 g/mol. The van der Waals surface area contributed by atoms with E-state index in [9.17, 15) is 5.11 Å². The van der Waals surface area contributed by atoms with Crippen LogP contribution in [-0.2, 0) is 0 Å². The highest BCUT2D eigenvalue weighted by Crippen LogP contribution is 2.29. The Bertz CT molecular complexity index is 391. The van der Waals surface area contributed by atoms with Crippen molar-refractivity contribution in [1.29, 1.82) is 0 Å². The van der Waals surface area contributed by atoms with Crippen LogP contribution in [0.2, 0.25) is 10.0 Å². The number of halogens is 2. The van der Waals surface area contributed by atoms with E-state index in [1.165, 1.54) is 0 Å². The van der Waals surface area contributed by atoms with Gasteiger partial charge in [0.15, 0.2) is 0 Å². The normalized spacial score (nSPS) is 25.4. The van der Waals surface area contributed by atoms with Gasteiger partial charge in [0.2, 0.25) is 0 Å². The molecular weight excluding hydrogens is 257 g/mol. The molecule has 1 aromatic rings. The van der Waals surface area contributed by atoms with Gasteiger partial charge in [-0.1, -0.05) is 29.3 Å². The number of aliphatic hydroxyl groups excluding tert-OH is 1. The molecule has 0 aromatic heterocycles. The Morgan fingerprint density at radius 2 is 2.12 bits per heavy atom. The van der Waals surface area contributed by atoms with E-state index in [2.05, 4.69) is 12.2 Å². The van der Waals surface area contributed by atoms with Crippen molar-refractivity contribution in [2.75, 3.05) is 6.54 Å². The van der Waals surface area contributed by atoms with Gasteiger partial charge in [0.25, 0.3) is 0 Å². The van der Waals surface area contributed by atoms with Crippen LogP contribution in [-0.4, -0.2) is 17.8 Å². The van der Waals surface area contributed by atoms with Crippen molar-refractivity contribution < 1.29 is 5.11 Å². The molecule has 2 N–H and O–H groups in total. The topological polar surface area (TPSA) is 32.3 Å². The summed E-state index contributed by atoms with van der Waals surface area (Å²) in [5.41, 5.74) is 1.07. The van der Waals surface area contributed by atoms with Crippen LogP contribution < -0.4 is 5.32 Å². The van der Waals surface area contributed by atoms with Crippen molar-refractivity contribution in [3.05, 3.63) is 33.8 Å². The second-order valence-electron chi connectivity index (χ2n) is 4.79. The molecule has 0 saturated heterocycles. The summed E-state index contributed by atoms with van der Waals surface area (Å²) in [5, 5.41) is 14.0. The quantitative estimate of drug-likeness (QED) is 0.881. The van der Waals surface area contributed by atoms with Crippen molar-refractivity contribution in [1.82, 2.24) is 5.32 Å². The number of nitrogens with one attached hydrogen (secondary N) is 1. The maximum atomic E-state index is 9.21. The van der Waals surface area contributed by atoms with Gasteiger partial charge in [0, 0.05) is 16.1 Å². The minimum Gasteiger partial charge on any atom is -0.393 e. The number of aliphatic hydroxyl groups is 1. The molecule has 94 valence electrons. The maximum absolute atomic E-state index is 9.21. The number of benzene rings is 1. The van der Waals surface area contributed by atoms with Gasteiger partial charge >= 0.3 is 0 Å². The molecule has 1 aliphatic carbocycles. The van der Waals surface area contributed by atoms with E-state index in [-0.39, 0.29) is 12.1 Å². The first-order valence-corrected chi connectivity index (χ1v) is 6.68. The van der Waals surface area contributed by atoms with Crippen molar-refractivity contribution in [2.45, 2.75) is 31.9 Å². The molecule has 0 amide bonds. The highest BCUT2D eigenvalue weighted by atomic mass is 35.5. The lowest BCUT2D eigenvalue weighted by Gasteiger charge is -2.32. The fraction of sp³-hybridized carbons (Fsp3) is 0.538. The summed E-state index contributed by atoms with van der Waals surface area (Å²) in [5.74, 6) is 0.596. The summed E-state index contributed by atoms with van der Waals surface area (Å²) >= 11 is 12.0. The van der Waals surface area contributed by atoms with Gasteiger partial charge in [-0.05, 0) is 49.9 Å². The van der Waals surface area contributed by atoms with Crippen LogP contribution in [0.3, 0.4) is 0 Å². The van der Waals surface area contributed by atoms with Gasteiger partial charge in [-0.2, -0.15) is 0 Å². The molecule has 1 atom stereocenters. The predicted octanol–water partition coefficient (Wildman–Crippen LogP) is 3.41. The molecular formula is C13H17Cl2NO. The van der Waals surface area contributed by atoms with E-state index in [4.69, 9.17) is 23.2 Å². The Morgan fingerprint density at radius 3 is 2.71 bits per heavy atom. The van der Waals surface area contributed by atoms with E-state index >= 15 is 0 Å². The third-order valence-electron chi connectivity index (χ3n) is 3.35. The molecule has 1 fully saturated rings. The fourth-order valence-corrected chi connectivity index (χ4v) is 2.75. The number of rotatable bonds is 4. The van der Waals surface area contributed by atoms with Gasteiger partial charge in [0.1, 0.15) is 0 Å². The first kappa shape index (κ1) is 13.2. The molecule has 1 aliphatic rings. The highest BCUT2D eigenvalue weighted by Gasteiger charge is 2.27. The van der Waals surface area contributed by atoms with Gasteiger partial charge in [0.05, 0.1) is 6.10 Å². The lowest BCUT2D eigenvalue weighted by molar-refractivity contribution is 0.0420. The summed E-state index contributed by atoms with van der Waals surface area (Å²) in [6.07, 6.45) is 1.73. The van der Waals surface area contributed by atoms with E-state index in [1.54, 1.807) is 6.07 Å². The lowest BCUT2D eigenvalue weighted by atomic mass is 9.82. The van der Waals surface area contributed by atoms with Crippen molar-refractivity contribution in [3.63, 3.8) is 0 Å². The predicted molar refractivity (Wildman–Crippen MR) is 71.6 cm³/mol. The number of hydrogen-bond acceptors (Lipinski definition) is 2. The average molecular weight is 274 g/mol. The zero-order chi connectivity index (χ0) is 12.4. The van der Waals surface area contributed by atoms with Gasteiger partial charge in [-0.3, -0.25) is 0 Å². The van der Waals surface area contributed by atoms with Crippen LogP contribution in [0.1, 0.15) is 31.4 Å². The molecule has 1 saturated carbocycles. The molecule has 0 heterocycles. The van der Waals surface area contributed by atoms with E-state index in [1.807, 2.05) is 12.1 Å². The largest absolute Gasteiger partial charge is 0.393 e. The van der Waals surface area contributed by atoms with Crippen molar-refractivity contribution in [2.24, 2.45) is 5.92 Å². The van der Waals surface area contributed by atoms with E-state index < -0.39 is 0 Å². The minimum atomic E-state index is -0.0868. The van der Waals surface area contributed by atoms with Gasteiger partial charge in [-0.15, -0.1) is 0 Å². The summed E-state index contributed by atoms with van der Waals surface area (Å²) in [6, 6.07) is 5.79. The van der Waals surface area contributed by atoms with Gasteiger partial charge in [-0.25, -0.2) is 0 Å². The molecule has 1 unspecified atom stereocenters. The second-order valence-corrected chi connectivity index (χ2v) is 5.63. The summed E-state index contributed by atoms with van der Waals surface area (Å²) < 4.78 is 0. The zero-order valence-electron chi connectivity index (χ0n) is 9.79. The van der Waals surface area contributed by atoms with Crippen molar-refractivity contribution in [3.8, 4) is 0 Å². The Morgan fingerprint density at radius 1 is 1.41 bits per heavy atom. The molecule has 1 aromatic carbocycles. The average Bonchev–Trinajstić information content (AvgIpc) is 2.22. The Labute approximate surface area is 112 Å². The van der Waals surface area contributed by atoms with Crippen LogP contribution in [0.15, 0.2) is 18.2 Å². The molecule has 0 bridgehead atoms.